The quantitative estimate of drug-likeness (QED) is 0.853. The van der Waals surface area contributed by atoms with Crippen LogP contribution in [0.15, 0.2) is 36.4 Å². The average Bonchev–Trinajstić information content (AvgIpc) is 2.93. The van der Waals surface area contributed by atoms with E-state index in [1.165, 1.54) is 11.0 Å². The van der Waals surface area contributed by atoms with Gasteiger partial charge >= 0.3 is 0 Å². The molecule has 1 saturated carbocycles. The molecular weight excluding hydrogens is 324 g/mol. The van der Waals surface area contributed by atoms with Crippen molar-refractivity contribution < 1.29 is 14.4 Å². The highest BCUT2D eigenvalue weighted by Crippen LogP contribution is 2.30. The van der Waals surface area contributed by atoms with E-state index in [4.69, 9.17) is 0 Å². The second-order valence-electron chi connectivity index (χ2n) is 6.03. The van der Waals surface area contributed by atoms with E-state index >= 15 is 0 Å². The van der Waals surface area contributed by atoms with E-state index in [-0.39, 0.29) is 34.9 Å². The Morgan fingerprint density at radius 2 is 1.92 bits per heavy atom. The minimum absolute atomic E-state index is 0.143. The summed E-state index contributed by atoms with van der Waals surface area (Å²) < 4.78 is 0. The fraction of sp³-hybridized carbons (Fsp3) is 0.389. The Labute approximate surface area is 145 Å². The first-order chi connectivity index (χ1) is 11.6. The van der Waals surface area contributed by atoms with E-state index in [2.05, 4.69) is 5.32 Å². The molecule has 5 nitrogen and oxygen atoms in total. The van der Waals surface area contributed by atoms with Gasteiger partial charge in [-0.3, -0.25) is 19.3 Å². The number of hydrogen-bond acceptors (Lipinski definition) is 4. The van der Waals surface area contributed by atoms with Crippen LogP contribution >= 0.6 is 11.8 Å². The number of thioether (sulfide) groups is 1. The maximum Gasteiger partial charge on any atom is 0.289 e. The molecule has 2 fully saturated rings. The van der Waals surface area contributed by atoms with E-state index in [9.17, 15) is 14.4 Å². The Kier molecular flexibility index (Phi) is 5.35. The highest BCUT2D eigenvalue weighted by molar-refractivity contribution is 8.14. The molecule has 1 aliphatic carbocycles. The molecule has 3 rings (SSSR count). The Morgan fingerprint density at radius 3 is 2.62 bits per heavy atom. The molecule has 24 heavy (non-hydrogen) atoms. The Morgan fingerprint density at radius 1 is 1.17 bits per heavy atom. The van der Waals surface area contributed by atoms with Gasteiger partial charge in [0.25, 0.3) is 5.24 Å². The second kappa shape index (κ2) is 7.66. The molecule has 2 atom stereocenters. The molecule has 1 aromatic rings. The summed E-state index contributed by atoms with van der Waals surface area (Å²) in [5.74, 6) is -0.123. The molecule has 2 aliphatic rings. The van der Waals surface area contributed by atoms with Gasteiger partial charge in [0.15, 0.2) is 0 Å². The van der Waals surface area contributed by atoms with Crippen molar-refractivity contribution in [2.75, 3.05) is 5.75 Å². The topological polar surface area (TPSA) is 66.5 Å². The van der Waals surface area contributed by atoms with E-state index in [0.717, 1.165) is 43.0 Å². The van der Waals surface area contributed by atoms with Gasteiger partial charge in [-0.25, -0.2) is 0 Å². The van der Waals surface area contributed by atoms with E-state index < -0.39 is 0 Å². The summed E-state index contributed by atoms with van der Waals surface area (Å²) in [5.41, 5.74) is 0.953. The number of imide groups is 1. The summed E-state index contributed by atoms with van der Waals surface area (Å²) in [7, 11) is 0. The molecule has 0 radical (unpaired) electrons. The molecule has 6 heteroatoms. The highest BCUT2D eigenvalue weighted by Gasteiger charge is 2.40. The van der Waals surface area contributed by atoms with Gasteiger partial charge in [-0.05, 0) is 24.5 Å². The Bertz CT molecular complexity index is 643. The number of nitrogens with one attached hydrogen (secondary N) is 1. The lowest BCUT2D eigenvalue weighted by Gasteiger charge is -2.36. The van der Waals surface area contributed by atoms with Crippen LogP contribution in [0.3, 0.4) is 0 Å². The van der Waals surface area contributed by atoms with Crippen molar-refractivity contribution in [3.63, 3.8) is 0 Å². The molecule has 126 valence electrons. The molecule has 0 aromatic heterocycles. The summed E-state index contributed by atoms with van der Waals surface area (Å²) in [6.07, 6.45) is 6.77. The minimum Gasteiger partial charge on any atom is -0.348 e. The monoisotopic (exact) mass is 344 g/mol. The Hall–Kier alpha value is -2.08. The number of hydrogen-bond donors (Lipinski definition) is 1. The van der Waals surface area contributed by atoms with Crippen LogP contribution in [0.4, 0.5) is 4.79 Å². The van der Waals surface area contributed by atoms with Crippen LogP contribution in [0.25, 0.3) is 6.08 Å². The summed E-state index contributed by atoms with van der Waals surface area (Å²) >= 11 is 1.05. The number of carbonyl (C=O) groups is 3. The third-order valence-electron chi connectivity index (χ3n) is 4.40. The third kappa shape index (κ3) is 3.87. The van der Waals surface area contributed by atoms with Crippen LogP contribution in [0.1, 0.15) is 31.2 Å². The molecule has 1 heterocycles. The van der Waals surface area contributed by atoms with Crippen molar-refractivity contribution in [3.05, 3.63) is 42.0 Å². The van der Waals surface area contributed by atoms with Gasteiger partial charge in [0.05, 0.1) is 17.8 Å². The number of carbonyl (C=O) groups excluding carboxylic acids is 3. The molecule has 0 unspecified atom stereocenters. The lowest BCUT2D eigenvalue weighted by atomic mass is 9.89. The van der Waals surface area contributed by atoms with Crippen LogP contribution in [0.5, 0.6) is 0 Å². The summed E-state index contributed by atoms with van der Waals surface area (Å²) in [4.78, 5) is 37.5. The minimum atomic E-state index is -0.220. The Balaban J connectivity index is 1.65. The zero-order chi connectivity index (χ0) is 16.9. The molecule has 1 aromatic carbocycles. The number of nitrogens with zero attached hydrogens (tertiary/aromatic N) is 1. The predicted octanol–water partition coefficient (Wildman–Crippen LogP) is 2.82. The van der Waals surface area contributed by atoms with E-state index in [1.54, 1.807) is 6.08 Å². The van der Waals surface area contributed by atoms with Gasteiger partial charge in [-0.1, -0.05) is 54.9 Å². The molecule has 1 saturated heterocycles. The van der Waals surface area contributed by atoms with Crippen LogP contribution in [0, 0.1) is 0 Å². The lowest BCUT2D eigenvalue weighted by molar-refractivity contribution is -0.128. The third-order valence-corrected chi connectivity index (χ3v) is 5.23. The SMILES string of the molecule is O=C(/C=C/c1ccccc1)N[C@H]1CCCC[C@H]1N1C(=O)CSC1=O. The maximum absolute atomic E-state index is 12.2. The van der Waals surface area contributed by atoms with E-state index in [0.29, 0.717) is 0 Å². The fourth-order valence-corrected chi connectivity index (χ4v) is 4.00. The van der Waals surface area contributed by atoms with Gasteiger partial charge in [-0.2, -0.15) is 0 Å². The van der Waals surface area contributed by atoms with Crippen LogP contribution < -0.4 is 5.32 Å². The molecular formula is C18H20N2O3S. The van der Waals surface area contributed by atoms with E-state index in [1.807, 2.05) is 30.3 Å². The number of benzene rings is 1. The zero-order valence-electron chi connectivity index (χ0n) is 13.3. The largest absolute Gasteiger partial charge is 0.348 e. The van der Waals surface area contributed by atoms with Crippen molar-refractivity contribution in [1.29, 1.82) is 0 Å². The standard InChI is InChI=1S/C18H20N2O3S/c21-16(11-10-13-6-2-1-3-7-13)19-14-8-4-5-9-15(14)20-17(22)12-24-18(20)23/h1-3,6-7,10-11,14-15H,4-5,8-9,12H2,(H,19,21)/b11-10+/t14-,15+/m0/s1. The van der Waals surface area contributed by atoms with Crippen LogP contribution in [-0.4, -0.2) is 39.8 Å². The van der Waals surface area contributed by atoms with Crippen molar-refractivity contribution in [1.82, 2.24) is 10.2 Å². The first-order valence-electron chi connectivity index (χ1n) is 8.17. The maximum atomic E-state index is 12.2. The highest BCUT2D eigenvalue weighted by atomic mass is 32.2. The molecule has 1 aliphatic heterocycles. The van der Waals surface area contributed by atoms with Gasteiger partial charge in [-0.15, -0.1) is 0 Å². The van der Waals surface area contributed by atoms with Crippen molar-refractivity contribution in [2.45, 2.75) is 37.8 Å². The molecule has 3 amide bonds. The number of rotatable bonds is 4. The summed E-state index contributed by atoms with van der Waals surface area (Å²) in [5, 5.41) is 2.79. The normalized spacial score (nSPS) is 24.6. The van der Waals surface area contributed by atoms with Gasteiger partial charge in [0, 0.05) is 6.08 Å². The lowest BCUT2D eigenvalue weighted by Crippen LogP contribution is -2.54. The van der Waals surface area contributed by atoms with Gasteiger partial charge in [0.1, 0.15) is 0 Å². The first kappa shape index (κ1) is 16.8. The fourth-order valence-electron chi connectivity index (χ4n) is 3.24. The molecule has 0 bridgehead atoms. The van der Waals surface area contributed by atoms with Crippen molar-refractivity contribution in [3.8, 4) is 0 Å². The predicted molar refractivity (Wildman–Crippen MR) is 94.4 cm³/mol. The van der Waals surface area contributed by atoms with Crippen LogP contribution in [-0.2, 0) is 9.59 Å². The molecule has 1 N–H and O–H groups in total. The smallest absolute Gasteiger partial charge is 0.289 e. The molecule has 0 spiro atoms. The second-order valence-corrected chi connectivity index (χ2v) is 6.96. The van der Waals surface area contributed by atoms with Gasteiger partial charge in [0.2, 0.25) is 11.8 Å². The first-order valence-corrected chi connectivity index (χ1v) is 9.16. The van der Waals surface area contributed by atoms with Gasteiger partial charge < -0.3 is 5.32 Å². The summed E-state index contributed by atoms with van der Waals surface area (Å²) in [6, 6.07) is 9.21. The average molecular weight is 344 g/mol. The van der Waals surface area contributed by atoms with Crippen molar-refractivity contribution >= 4 is 34.9 Å². The van der Waals surface area contributed by atoms with Crippen molar-refractivity contribution in [2.24, 2.45) is 0 Å². The zero-order valence-corrected chi connectivity index (χ0v) is 14.1. The number of amides is 3. The summed E-state index contributed by atoms with van der Waals surface area (Å²) in [6.45, 7) is 0. The van der Waals surface area contributed by atoms with Crippen LogP contribution in [0.2, 0.25) is 0 Å².